The molecule has 0 spiro atoms. The predicted octanol–water partition coefficient (Wildman–Crippen LogP) is 4.13. The van der Waals surface area contributed by atoms with Crippen LogP contribution in [0.1, 0.15) is 59.4 Å². The minimum Gasteiger partial charge on any atom is -0.310 e. The van der Waals surface area contributed by atoms with Crippen molar-refractivity contribution in [3.8, 4) is 0 Å². The first-order valence-corrected chi connectivity index (χ1v) is 10.4. The normalized spacial score (nSPS) is 15.9. The SMILES string of the molecule is CCn1nc(C)c(CC(=O)Nc2c(C)cnn2C2CCCc3ccccc32)c1C. The molecule has 3 aromatic rings. The minimum absolute atomic E-state index is 0.0270. The summed E-state index contributed by atoms with van der Waals surface area (Å²) < 4.78 is 3.95. The number of benzene rings is 1. The molecule has 1 atom stereocenters. The van der Waals surface area contributed by atoms with Crippen LogP contribution < -0.4 is 5.32 Å². The van der Waals surface area contributed by atoms with Gasteiger partial charge in [-0.15, -0.1) is 0 Å². The van der Waals surface area contributed by atoms with Crippen LogP contribution in [0, 0.1) is 20.8 Å². The summed E-state index contributed by atoms with van der Waals surface area (Å²) in [5.41, 5.74) is 6.67. The first kappa shape index (κ1) is 19.4. The van der Waals surface area contributed by atoms with Crippen molar-refractivity contribution < 1.29 is 4.79 Å². The van der Waals surface area contributed by atoms with Crippen molar-refractivity contribution in [2.24, 2.45) is 0 Å². The maximum atomic E-state index is 12.9. The van der Waals surface area contributed by atoms with E-state index in [0.717, 1.165) is 54.1 Å². The highest BCUT2D eigenvalue weighted by Crippen LogP contribution is 2.35. The maximum absolute atomic E-state index is 12.9. The number of anilines is 1. The van der Waals surface area contributed by atoms with Crippen LogP contribution in [0.5, 0.6) is 0 Å². The second-order valence-corrected chi connectivity index (χ2v) is 7.92. The molecule has 1 amide bonds. The quantitative estimate of drug-likeness (QED) is 0.711. The highest BCUT2D eigenvalue weighted by atomic mass is 16.1. The maximum Gasteiger partial charge on any atom is 0.230 e. The Labute approximate surface area is 171 Å². The van der Waals surface area contributed by atoms with Crippen molar-refractivity contribution in [1.29, 1.82) is 0 Å². The third kappa shape index (κ3) is 3.59. The first-order chi connectivity index (χ1) is 14.0. The van der Waals surface area contributed by atoms with Crippen molar-refractivity contribution in [3.05, 3.63) is 64.1 Å². The summed E-state index contributed by atoms with van der Waals surface area (Å²) in [6, 6.07) is 8.73. The molecule has 152 valence electrons. The van der Waals surface area contributed by atoms with Crippen molar-refractivity contribution in [2.45, 2.75) is 66.0 Å². The standard InChI is InChI=1S/C23H29N5O/c1-5-27-17(4)20(16(3)26-27)13-22(29)25-23-15(2)14-24-28(23)21-12-8-10-18-9-6-7-11-19(18)21/h6-7,9,11,14,21H,5,8,10,12-13H2,1-4H3,(H,25,29). The van der Waals surface area contributed by atoms with Gasteiger partial charge in [-0.2, -0.15) is 10.2 Å². The number of hydrogen-bond donors (Lipinski definition) is 1. The molecule has 6 nitrogen and oxygen atoms in total. The number of nitrogens with zero attached hydrogens (tertiary/aromatic N) is 4. The van der Waals surface area contributed by atoms with E-state index in [9.17, 15) is 4.79 Å². The molecule has 0 fully saturated rings. The molecule has 0 saturated heterocycles. The van der Waals surface area contributed by atoms with E-state index >= 15 is 0 Å². The zero-order valence-corrected chi connectivity index (χ0v) is 17.7. The summed E-state index contributed by atoms with van der Waals surface area (Å²) >= 11 is 0. The van der Waals surface area contributed by atoms with E-state index in [1.165, 1.54) is 11.1 Å². The summed E-state index contributed by atoms with van der Waals surface area (Å²) in [6.07, 6.45) is 5.43. The lowest BCUT2D eigenvalue weighted by molar-refractivity contribution is -0.115. The van der Waals surface area contributed by atoms with E-state index in [4.69, 9.17) is 0 Å². The molecule has 0 aliphatic heterocycles. The van der Waals surface area contributed by atoms with E-state index < -0.39 is 0 Å². The molecule has 1 N–H and O–H groups in total. The number of fused-ring (bicyclic) bond motifs is 1. The van der Waals surface area contributed by atoms with E-state index in [1.807, 2.05) is 36.3 Å². The van der Waals surface area contributed by atoms with Crippen LogP contribution in [0.3, 0.4) is 0 Å². The van der Waals surface area contributed by atoms with Gasteiger partial charge < -0.3 is 5.32 Å². The number of aromatic nitrogens is 4. The average Bonchev–Trinajstić information content (AvgIpc) is 3.21. The van der Waals surface area contributed by atoms with Crippen LogP contribution in [0.25, 0.3) is 0 Å². The number of rotatable bonds is 5. The Kier molecular flexibility index (Phi) is 5.26. The molecule has 2 heterocycles. The average molecular weight is 392 g/mol. The molecule has 1 aliphatic carbocycles. The molecule has 1 aliphatic rings. The number of carbonyl (C=O) groups excluding carboxylic acids is 1. The summed E-state index contributed by atoms with van der Waals surface area (Å²) in [6.45, 7) is 8.87. The van der Waals surface area contributed by atoms with E-state index in [2.05, 4.69) is 46.7 Å². The molecule has 6 heteroatoms. The second-order valence-electron chi connectivity index (χ2n) is 7.92. The van der Waals surface area contributed by atoms with Crippen molar-refractivity contribution in [1.82, 2.24) is 19.6 Å². The number of nitrogens with one attached hydrogen (secondary N) is 1. The third-order valence-corrected chi connectivity index (χ3v) is 6.04. The van der Waals surface area contributed by atoms with Crippen molar-refractivity contribution in [3.63, 3.8) is 0 Å². The number of carbonyl (C=O) groups is 1. The van der Waals surface area contributed by atoms with Gasteiger partial charge in [0.05, 0.1) is 24.4 Å². The van der Waals surface area contributed by atoms with Crippen LogP contribution in [0.4, 0.5) is 5.82 Å². The Morgan fingerprint density at radius 2 is 2.03 bits per heavy atom. The summed E-state index contributed by atoms with van der Waals surface area (Å²) in [7, 11) is 0. The number of amides is 1. The van der Waals surface area contributed by atoms with Gasteiger partial charge in [0.15, 0.2) is 0 Å². The van der Waals surface area contributed by atoms with Crippen molar-refractivity contribution >= 4 is 11.7 Å². The molecule has 1 unspecified atom stereocenters. The van der Waals surface area contributed by atoms with Gasteiger partial charge in [-0.05, 0) is 58.1 Å². The van der Waals surface area contributed by atoms with Crippen LogP contribution >= 0.6 is 0 Å². The topological polar surface area (TPSA) is 64.7 Å². The molecular formula is C23H29N5O. The minimum atomic E-state index is -0.0270. The molecule has 2 aromatic heterocycles. The number of aryl methyl sites for hydroxylation is 4. The monoisotopic (exact) mass is 391 g/mol. The fourth-order valence-electron chi connectivity index (χ4n) is 4.46. The van der Waals surface area contributed by atoms with Crippen LogP contribution in [-0.4, -0.2) is 25.5 Å². The Balaban J connectivity index is 1.59. The zero-order valence-electron chi connectivity index (χ0n) is 17.7. The fourth-order valence-corrected chi connectivity index (χ4v) is 4.46. The number of hydrogen-bond acceptors (Lipinski definition) is 3. The Morgan fingerprint density at radius 3 is 2.79 bits per heavy atom. The Bertz CT molecular complexity index is 1050. The second kappa shape index (κ2) is 7.85. The summed E-state index contributed by atoms with van der Waals surface area (Å²) in [4.78, 5) is 12.9. The largest absolute Gasteiger partial charge is 0.310 e. The first-order valence-electron chi connectivity index (χ1n) is 10.4. The molecule has 0 radical (unpaired) electrons. The van der Waals surface area contributed by atoms with Gasteiger partial charge in [0.25, 0.3) is 0 Å². The summed E-state index contributed by atoms with van der Waals surface area (Å²) in [5, 5.41) is 12.3. The van der Waals surface area contributed by atoms with Gasteiger partial charge in [0, 0.05) is 23.4 Å². The van der Waals surface area contributed by atoms with E-state index in [-0.39, 0.29) is 11.9 Å². The summed E-state index contributed by atoms with van der Waals surface area (Å²) in [5.74, 6) is 0.774. The van der Waals surface area contributed by atoms with Gasteiger partial charge in [-0.3, -0.25) is 9.48 Å². The molecule has 0 saturated carbocycles. The van der Waals surface area contributed by atoms with Gasteiger partial charge in [0.2, 0.25) is 5.91 Å². The molecule has 1 aromatic carbocycles. The van der Waals surface area contributed by atoms with Crippen LogP contribution in [0.2, 0.25) is 0 Å². The van der Waals surface area contributed by atoms with E-state index in [0.29, 0.717) is 6.42 Å². The fraction of sp³-hybridized carbons (Fsp3) is 0.435. The molecule has 29 heavy (non-hydrogen) atoms. The van der Waals surface area contributed by atoms with Gasteiger partial charge >= 0.3 is 0 Å². The molecule has 0 bridgehead atoms. The smallest absolute Gasteiger partial charge is 0.230 e. The van der Waals surface area contributed by atoms with E-state index in [1.54, 1.807) is 0 Å². The Morgan fingerprint density at radius 1 is 1.24 bits per heavy atom. The molecular weight excluding hydrogens is 362 g/mol. The lowest BCUT2D eigenvalue weighted by atomic mass is 9.88. The zero-order chi connectivity index (χ0) is 20.5. The van der Waals surface area contributed by atoms with Crippen LogP contribution in [0.15, 0.2) is 30.5 Å². The highest BCUT2D eigenvalue weighted by molar-refractivity contribution is 5.92. The van der Waals surface area contributed by atoms with Crippen LogP contribution in [-0.2, 0) is 24.2 Å². The Hall–Kier alpha value is -2.89. The lowest BCUT2D eigenvalue weighted by Gasteiger charge is -2.27. The predicted molar refractivity (Wildman–Crippen MR) is 114 cm³/mol. The van der Waals surface area contributed by atoms with Gasteiger partial charge in [-0.1, -0.05) is 24.3 Å². The third-order valence-electron chi connectivity index (χ3n) is 6.04. The molecule has 4 rings (SSSR count). The van der Waals surface area contributed by atoms with Gasteiger partial charge in [0.1, 0.15) is 5.82 Å². The lowest BCUT2D eigenvalue weighted by Crippen LogP contribution is -2.23. The van der Waals surface area contributed by atoms with Gasteiger partial charge in [-0.25, -0.2) is 4.68 Å². The highest BCUT2D eigenvalue weighted by Gasteiger charge is 2.25. The van der Waals surface area contributed by atoms with Crippen molar-refractivity contribution in [2.75, 3.05) is 5.32 Å².